The number of piperidine rings is 1. The molecule has 2 aliphatic rings. The number of likely N-dealkylation sites (tertiary alicyclic amines) is 1. The number of amides is 2. The van der Waals surface area contributed by atoms with E-state index in [-0.39, 0.29) is 17.7 Å². The number of carbonyl (C=O) groups is 2. The molecule has 0 spiro atoms. The Morgan fingerprint density at radius 3 is 2.64 bits per heavy atom. The van der Waals surface area contributed by atoms with Crippen molar-refractivity contribution >= 4 is 11.8 Å². The van der Waals surface area contributed by atoms with Crippen molar-refractivity contribution in [3.05, 3.63) is 30.3 Å². The molecule has 1 aromatic rings. The molecule has 5 nitrogen and oxygen atoms in total. The average Bonchev–Trinajstić information content (AvgIpc) is 3.25. The summed E-state index contributed by atoms with van der Waals surface area (Å²) < 4.78 is 5.62. The molecule has 1 saturated carbocycles. The van der Waals surface area contributed by atoms with Crippen LogP contribution < -0.4 is 10.1 Å². The molecule has 28 heavy (non-hydrogen) atoms. The summed E-state index contributed by atoms with van der Waals surface area (Å²) in [6.45, 7) is 2.43. The van der Waals surface area contributed by atoms with Gasteiger partial charge in [-0.3, -0.25) is 9.59 Å². The van der Waals surface area contributed by atoms with Crippen LogP contribution in [-0.4, -0.2) is 43.0 Å². The summed E-state index contributed by atoms with van der Waals surface area (Å²) in [7, 11) is 0. The number of rotatable bonds is 9. The van der Waals surface area contributed by atoms with E-state index in [4.69, 9.17) is 4.74 Å². The number of para-hydroxylation sites is 1. The topological polar surface area (TPSA) is 58.6 Å². The smallest absolute Gasteiger partial charge is 0.226 e. The summed E-state index contributed by atoms with van der Waals surface area (Å²) in [6, 6.07) is 9.54. The lowest BCUT2D eigenvalue weighted by Gasteiger charge is -2.32. The molecule has 1 aliphatic heterocycles. The van der Waals surface area contributed by atoms with Gasteiger partial charge in [-0.1, -0.05) is 43.9 Å². The molecule has 1 aromatic carbocycles. The van der Waals surface area contributed by atoms with E-state index >= 15 is 0 Å². The van der Waals surface area contributed by atoms with Crippen molar-refractivity contribution < 1.29 is 14.3 Å². The van der Waals surface area contributed by atoms with Gasteiger partial charge in [0.15, 0.2) is 0 Å². The first-order valence-corrected chi connectivity index (χ1v) is 11.0. The Labute approximate surface area is 168 Å². The minimum atomic E-state index is -0.0702. The minimum absolute atomic E-state index is 0.0702. The predicted molar refractivity (Wildman–Crippen MR) is 110 cm³/mol. The lowest BCUT2D eigenvalue weighted by molar-refractivity contribution is -0.136. The van der Waals surface area contributed by atoms with Crippen molar-refractivity contribution in [1.29, 1.82) is 0 Å². The van der Waals surface area contributed by atoms with E-state index in [2.05, 4.69) is 5.32 Å². The molecule has 0 bridgehead atoms. The van der Waals surface area contributed by atoms with Crippen molar-refractivity contribution in [3.63, 3.8) is 0 Å². The van der Waals surface area contributed by atoms with E-state index in [1.165, 1.54) is 32.1 Å². The third-order valence-electron chi connectivity index (χ3n) is 6.04. The SMILES string of the molecule is O=C(NCCCC1CCCC1)C1CCCN(C(=O)CCOc2ccccc2)C1. The summed E-state index contributed by atoms with van der Waals surface area (Å²) in [4.78, 5) is 26.8. The number of nitrogens with zero attached hydrogens (tertiary/aromatic N) is 1. The van der Waals surface area contributed by atoms with Crippen molar-refractivity contribution in [2.45, 2.75) is 57.8 Å². The second-order valence-corrected chi connectivity index (χ2v) is 8.17. The maximum absolute atomic E-state index is 12.5. The Morgan fingerprint density at radius 2 is 1.86 bits per heavy atom. The van der Waals surface area contributed by atoms with E-state index in [9.17, 15) is 9.59 Å². The maximum atomic E-state index is 12.5. The third-order valence-corrected chi connectivity index (χ3v) is 6.04. The second kappa shape index (κ2) is 11.1. The fourth-order valence-corrected chi connectivity index (χ4v) is 4.39. The molecule has 1 saturated heterocycles. The molecule has 1 aliphatic carbocycles. The van der Waals surface area contributed by atoms with Gasteiger partial charge >= 0.3 is 0 Å². The van der Waals surface area contributed by atoms with Crippen LogP contribution in [0.2, 0.25) is 0 Å². The first-order chi connectivity index (χ1) is 13.7. The predicted octanol–water partition coefficient (Wildman–Crippen LogP) is 3.78. The highest BCUT2D eigenvalue weighted by atomic mass is 16.5. The lowest BCUT2D eigenvalue weighted by atomic mass is 9.96. The van der Waals surface area contributed by atoms with Crippen LogP contribution in [0.5, 0.6) is 5.75 Å². The average molecular weight is 387 g/mol. The molecule has 2 fully saturated rings. The standard InChI is InChI=1S/C23H34N2O3/c26-22(14-17-28-21-12-2-1-3-13-21)25-16-7-11-20(18-25)23(27)24-15-6-10-19-8-4-5-9-19/h1-3,12-13,19-20H,4-11,14-18H2,(H,24,27). The molecule has 3 rings (SSSR count). The van der Waals surface area contributed by atoms with E-state index in [1.54, 1.807) is 0 Å². The Balaban J connectivity index is 1.32. The molecular formula is C23H34N2O3. The third kappa shape index (κ3) is 6.54. The quantitative estimate of drug-likeness (QED) is 0.657. The molecule has 1 atom stereocenters. The molecule has 5 heteroatoms. The summed E-state index contributed by atoms with van der Waals surface area (Å²) in [5, 5.41) is 3.10. The molecule has 154 valence electrons. The number of carbonyl (C=O) groups excluding carboxylic acids is 2. The van der Waals surface area contributed by atoms with Gasteiger partial charge in [0.25, 0.3) is 0 Å². The zero-order chi connectivity index (χ0) is 19.6. The van der Waals surface area contributed by atoms with Gasteiger partial charge in [-0.05, 0) is 43.7 Å². The molecule has 1 N–H and O–H groups in total. The Morgan fingerprint density at radius 1 is 1.07 bits per heavy atom. The minimum Gasteiger partial charge on any atom is -0.493 e. The van der Waals surface area contributed by atoms with Crippen LogP contribution in [0.15, 0.2) is 30.3 Å². The molecule has 0 aromatic heterocycles. The van der Waals surface area contributed by atoms with Crippen molar-refractivity contribution in [2.24, 2.45) is 11.8 Å². The van der Waals surface area contributed by atoms with E-state index in [0.717, 1.165) is 44.0 Å². The van der Waals surface area contributed by atoms with Gasteiger partial charge < -0.3 is 15.0 Å². The van der Waals surface area contributed by atoms with Crippen LogP contribution >= 0.6 is 0 Å². The van der Waals surface area contributed by atoms with Crippen LogP contribution in [0, 0.1) is 11.8 Å². The Bertz CT molecular complexity index is 614. The van der Waals surface area contributed by atoms with Crippen LogP contribution in [-0.2, 0) is 9.59 Å². The Hall–Kier alpha value is -2.04. The fraction of sp³-hybridized carbons (Fsp3) is 0.652. The van der Waals surface area contributed by atoms with Crippen LogP contribution in [0.25, 0.3) is 0 Å². The number of ether oxygens (including phenoxy) is 1. The summed E-state index contributed by atoms with van der Waals surface area (Å²) >= 11 is 0. The zero-order valence-electron chi connectivity index (χ0n) is 16.9. The van der Waals surface area contributed by atoms with Gasteiger partial charge in [-0.2, -0.15) is 0 Å². The molecule has 1 heterocycles. The van der Waals surface area contributed by atoms with E-state index in [0.29, 0.717) is 19.6 Å². The largest absolute Gasteiger partial charge is 0.493 e. The number of hydrogen-bond donors (Lipinski definition) is 1. The Kier molecular flexibility index (Phi) is 8.19. The van der Waals surface area contributed by atoms with Gasteiger partial charge in [0, 0.05) is 19.6 Å². The van der Waals surface area contributed by atoms with Gasteiger partial charge in [-0.25, -0.2) is 0 Å². The lowest BCUT2D eigenvalue weighted by Crippen LogP contribution is -2.45. The zero-order valence-corrected chi connectivity index (χ0v) is 16.9. The van der Waals surface area contributed by atoms with Gasteiger partial charge in [-0.15, -0.1) is 0 Å². The van der Waals surface area contributed by atoms with Crippen LogP contribution in [0.1, 0.15) is 57.8 Å². The van der Waals surface area contributed by atoms with E-state index < -0.39 is 0 Å². The highest BCUT2D eigenvalue weighted by Gasteiger charge is 2.28. The molecule has 1 unspecified atom stereocenters. The van der Waals surface area contributed by atoms with Gasteiger partial charge in [0.05, 0.1) is 18.9 Å². The number of nitrogens with one attached hydrogen (secondary N) is 1. The van der Waals surface area contributed by atoms with Crippen LogP contribution in [0.4, 0.5) is 0 Å². The second-order valence-electron chi connectivity index (χ2n) is 8.17. The highest BCUT2D eigenvalue weighted by Crippen LogP contribution is 2.28. The number of hydrogen-bond acceptors (Lipinski definition) is 3. The molecule has 2 amide bonds. The summed E-state index contributed by atoms with van der Waals surface area (Å²) in [6.07, 6.45) is 9.90. The highest BCUT2D eigenvalue weighted by molar-refractivity contribution is 5.81. The first kappa shape index (κ1) is 20.7. The fourth-order valence-electron chi connectivity index (χ4n) is 4.39. The molecule has 0 radical (unpaired) electrons. The normalized spacial score (nSPS) is 20.1. The monoisotopic (exact) mass is 386 g/mol. The number of benzene rings is 1. The maximum Gasteiger partial charge on any atom is 0.226 e. The van der Waals surface area contributed by atoms with E-state index in [1.807, 2.05) is 35.2 Å². The summed E-state index contributed by atoms with van der Waals surface area (Å²) in [5.74, 6) is 1.78. The summed E-state index contributed by atoms with van der Waals surface area (Å²) in [5.41, 5.74) is 0. The van der Waals surface area contributed by atoms with Gasteiger partial charge in [0.1, 0.15) is 5.75 Å². The van der Waals surface area contributed by atoms with Crippen LogP contribution in [0.3, 0.4) is 0 Å². The van der Waals surface area contributed by atoms with Gasteiger partial charge in [0.2, 0.25) is 11.8 Å². The van der Waals surface area contributed by atoms with Crippen molar-refractivity contribution in [1.82, 2.24) is 10.2 Å². The van der Waals surface area contributed by atoms with Crippen molar-refractivity contribution in [2.75, 3.05) is 26.2 Å². The first-order valence-electron chi connectivity index (χ1n) is 11.0. The van der Waals surface area contributed by atoms with Crippen molar-refractivity contribution in [3.8, 4) is 5.75 Å². The molecular weight excluding hydrogens is 352 g/mol.